The Hall–Kier alpha value is -1.57. The number of ether oxygens (including phenoxy) is 1. The third-order valence-electron chi connectivity index (χ3n) is 4.98. The first-order valence-corrected chi connectivity index (χ1v) is 7.76. The second-order valence-electron chi connectivity index (χ2n) is 6.18. The minimum absolute atomic E-state index is 0.0117. The Balaban J connectivity index is 1.55. The van der Waals surface area contributed by atoms with E-state index in [0.717, 1.165) is 25.0 Å². The molecule has 1 aromatic rings. The second-order valence-corrected chi connectivity index (χ2v) is 6.18. The van der Waals surface area contributed by atoms with Crippen LogP contribution in [0.3, 0.4) is 0 Å². The second kappa shape index (κ2) is 6.51. The molecule has 3 rings (SSSR count). The zero-order chi connectivity index (χ0) is 16.4. The van der Waals surface area contributed by atoms with Crippen LogP contribution in [0.4, 0.5) is 14.5 Å². The van der Waals surface area contributed by atoms with Crippen molar-refractivity contribution in [2.24, 2.45) is 5.41 Å². The number of benzene rings is 1. The molecule has 1 spiro atoms. The van der Waals surface area contributed by atoms with Gasteiger partial charge < -0.3 is 20.5 Å². The number of carbonyl (C=O) groups excluding carboxylic acids is 1. The summed E-state index contributed by atoms with van der Waals surface area (Å²) in [7, 11) is 0. The van der Waals surface area contributed by atoms with Crippen LogP contribution in [0.1, 0.15) is 19.3 Å². The van der Waals surface area contributed by atoms with Crippen LogP contribution in [-0.2, 0) is 9.53 Å². The normalized spacial score (nSPS) is 25.9. The molecule has 3 N–H and O–H groups in total. The molecule has 1 heterocycles. The number of aliphatic hydroxyl groups excluding tert-OH is 1. The summed E-state index contributed by atoms with van der Waals surface area (Å²) < 4.78 is 32.3. The van der Waals surface area contributed by atoms with Gasteiger partial charge >= 0.3 is 0 Å². The number of para-hydroxylation sites is 1. The van der Waals surface area contributed by atoms with Gasteiger partial charge in [-0.05, 0) is 31.4 Å². The van der Waals surface area contributed by atoms with Crippen molar-refractivity contribution in [2.45, 2.75) is 31.4 Å². The van der Waals surface area contributed by atoms with Gasteiger partial charge in [-0.25, -0.2) is 8.78 Å². The zero-order valence-electron chi connectivity index (χ0n) is 12.6. The molecule has 1 amide bonds. The molecule has 5 nitrogen and oxygen atoms in total. The molecule has 1 saturated carbocycles. The molecule has 0 bridgehead atoms. The number of hydrogen-bond acceptors (Lipinski definition) is 4. The molecule has 7 heteroatoms. The van der Waals surface area contributed by atoms with Crippen molar-refractivity contribution >= 4 is 11.6 Å². The van der Waals surface area contributed by atoms with Gasteiger partial charge in [-0.15, -0.1) is 0 Å². The van der Waals surface area contributed by atoms with Gasteiger partial charge in [-0.3, -0.25) is 4.79 Å². The Labute approximate surface area is 133 Å². The summed E-state index contributed by atoms with van der Waals surface area (Å²) in [4.78, 5) is 11.9. The van der Waals surface area contributed by atoms with Crippen LogP contribution in [0.2, 0.25) is 0 Å². The topological polar surface area (TPSA) is 70.6 Å². The van der Waals surface area contributed by atoms with Crippen molar-refractivity contribution in [3.8, 4) is 0 Å². The molecule has 2 aliphatic rings. The third kappa shape index (κ3) is 3.08. The summed E-state index contributed by atoms with van der Waals surface area (Å²) in [5.74, 6) is -2.13. The van der Waals surface area contributed by atoms with Crippen molar-refractivity contribution in [2.75, 3.05) is 25.1 Å². The molecule has 2 atom stereocenters. The Bertz CT molecular complexity index is 570. The Morgan fingerprint density at radius 3 is 2.57 bits per heavy atom. The Morgan fingerprint density at radius 1 is 1.30 bits per heavy atom. The van der Waals surface area contributed by atoms with Gasteiger partial charge in [0, 0.05) is 24.7 Å². The van der Waals surface area contributed by atoms with Gasteiger partial charge in [-0.1, -0.05) is 6.07 Å². The standard InChI is InChI=1S/C16H20F2N2O3/c17-10-2-1-3-11(18)15(10)20-14(22)9-19-12-8-13(21)16(12)4-6-23-7-5-16/h1-3,12-13,19,21H,4-9H2,(H,20,22)/t12-,13-/m1/s1. The summed E-state index contributed by atoms with van der Waals surface area (Å²) >= 11 is 0. The fraction of sp³-hybridized carbons (Fsp3) is 0.562. The van der Waals surface area contributed by atoms with Crippen molar-refractivity contribution in [3.63, 3.8) is 0 Å². The van der Waals surface area contributed by atoms with Crippen LogP contribution in [-0.4, -0.2) is 42.9 Å². The van der Waals surface area contributed by atoms with Crippen LogP contribution in [0.15, 0.2) is 18.2 Å². The maximum atomic E-state index is 13.5. The predicted octanol–water partition coefficient (Wildman–Crippen LogP) is 1.42. The molecule has 1 aliphatic carbocycles. The van der Waals surface area contributed by atoms with E-state index in [1.54, 1.807) is 0 Å². The van der Waals surface area contributed by atoms with Crippen molar-refractivity contribution in [3.05, 3.63) is 29.8 Å². The van der Waals surface area contributed by atoms with Gasteiger partial charge in [0.25, 0.3) is 0 Å². The summed E-state index contributed by atoms with van der Waals surface area (Å²) in [5.41, 5.74) is -0.685. The molecule has 23 heavy (non-hydrogen) atoms. The molecule has 0 aromatic heterocycles. The van der Waals surface area contributed by atoms with Gasteiger partial charge in [0.2, 0.25) is 5.91 Å². The summed E-state index contributed by atoms with van der Waals surface area (Å²) in [5, 5.41) is 15.4. The van der Waals surface area contributed by atoms with E-state index in [2.05, 4.69) is 10.6 Å². The van der Waals surface area contributed by atoms with Crippen LogP contribution in [0.5, 0.6) is 0 Å². The Morgan fingerprint density at radius 2 is 1.96 bits per heavy atom. The van der Waals surface area contributed by atoms with Gasteiger partial charge in [0.05, 0.1) is 12.6 Å². The zero-order valence-corrected chi connectivity index (χ0v) is 12.6. The highest BCUT2D eigenvalue weighted by Gasteiger charge is 2.54. The van der Waals surface area contributed by atoms with E-state index in [9.17, 15) is 18.7 Å². The first-order valence-electron chi connectivity index (χ1n) is 7.76. The summed E-state index contributed by atoms with van der Waals surface area (Å²) in [6, 6.07) is 3.43. The highest BCUT2D eigenvalue weighted by molar-refractivity contribution is 5.92. The fourth-order valence-corrected chi connectivity index (χ4v) is 3.50. The molecular weight excluding hydrogens is 306 g/mol. The number of rotatable bonds is 4. The molecule has 1 saturated heterocycles. The van der Waals surface area contributed by atoms with E-state index in [1.165, 1.54) is 6.07 Å². The van der Waals surface area contributed by atoms with Crippen molar-refractivity contribution in [1.29, 1.82) is 0 Å². The lowest BCUT2D eigenvalue weighted by Gasteiger charge is -2.55. The predicted molar refractivity (Wildman–Crippen MR) is 79.9 cm³/mol. The quantitative estimate of drug-likeness (QED) is 0.783. The SMILES string of the molecule is O=C(CN[C@@H]1C[C@@H](O)C12CCOCC2)Nc1c(F)cccc1F. The number of hydrogen-bond donors (Lipinski definition) is 3. The molecule has 2 fully saturated rings. The lowest BCUT2D eigenvalue weighted by Crippen LogP contribution is -2.65. The number of halogens is 2. The highest BCUT2D eigenvalue weighted by atomic mass is 19.1. The number of nitrogens with one attached hydrogen (secondary N) is 2. The van der Waals surface area contributed by atoms with E-state index in [-0.39, 0.29) is 18.0 Å². The number of aliphatic hydroxyl groups is 1. The lowest BCUT2D eigenvalue weighted by atomic mass is 9.58. The van der Waals surface area contributed by atoms with Gasteiger partial charge in [0.15, 0.2) is 0 Å². The van der Waals surface area contributed by atoms with Crippen LogP contribution < -0.4 is 10.6 Å². The average molecular weight is 326 g/mol. The summed E-state index contributed by atoms with van der Waals surface area (Å²) in [6.07, 6.45) is 1.67. The monoisotopic (exact) mass is 326 g/mol. The van der Waals surface area contributed by atoms with Gasteiger partial charge in [-0.2, -0.15) is 0 Å². The van der Waals surface area contributed by atoms with Crippen LogP contribution >= 0.6 is 0 Å². The average Bonchev–Trinajstić information content (AvgIpc) is 2.55. The van der Waals surface area contributed by atoms with Crippen molar-refractivity contribution < 1.29 is 23.4 Å². The number of amides is 1. The highest BCUT2D eigenvalue weighted by Crippen LogP contribution is 2.48. The molecule has 1 aromatic carbocycles. The maximum absolute atomic E-state index is 13.5. The minimum atomic E-state index is -0.807. The largest absolute Gasteiger partial charge is 0.392 e. The lowest BCUT2D eigenvalue weighted by molar-refractivity contribution is -0.149. The van der Waals surface area contributed by atoms with Crippen LogP contribution in [0, 0.1) is 17.0 Å². The third-order valence-corrected chi connectivity index (χ3v) is 4.98. The van der Waals surface area contributed by atoms with E-state index in [0.29, 0.717) is 19.6 Å². The minimum Gasteiger partial charge on any atom is -0.392 e. The first-order chi connectivity index (χ1) is 11.0. The Kier molecular flexibility index (Phi) is 4.61. The molecule has 126 valence electrons. The molecule has 0 radical (unpaired) electrons. The number of anilines is 1. The van der Waals surface area contributed by atoms with Crippen LogP contribution in [0.25, 0.3) is 0 Å². The molecule has 1 aliphatic heterocycles. The maximum Gasteiger partial charge on any atom is 0.238 e. The first kappa shape index (κ1) is 16.3. The van der Waals surface area contributed by atoms with E-state index in [4.69, 9.17) is 4.74 Å². The van der Waals surface area contributed by atoms with Gasteiger partial charge in [0.1, 0.15) is 17.3 Å². The molecular formula is C16H20F2N2O3. The smallest absolute Gasteiger partial charge is 0.238 e. The van der Waals surface area contributed by atoms with Crippen molar-refractivity contribution in [1.82, 2.24) is 5.32 Å². The fourth-order valence-electron chi connectivity index (χ4n) is 3.50. The van der Waals surface area contributed by atoms with E-state index in [1.807, 2.05) is 0 Å². The summed E-state index contributed by atoms with van der Waals surface area (Å²) in [6.45, 7) is 1.14. The van der Waals surface area contributed by atoms with E-state index >= 15 is 0 Å². The molecule has 0 unspecified atom stereocenters. The number of carbonyl (C=O) groups is 1. The van der Waals surface area contributed by atoms with E-state index < -0.39 is 29.3 Å².